The lowest BCUT2D eigenvalue weighted by Crippen LogP contribution is -2.48. The summed E-state index contributed by atoms with van der Waals surface area (Å²) in [6.07, 6.45) is 3.64. The first kappa shape index (κ1) is 15.5. The third-order valence-electron chi connectivity index (χ3n) is 3.75. The Balaban J connectivity index is 1.89. The molecule has 1 atom stereocenters. The monoisotopic (exact) mass is 294 g/mol. The van der Waals surface area contributed by atoms with Crippen molar-refractivity contribution < 1.29 is 14.3 Å². The van der Waals surface area contributed by atoms with E-state index in [4.69, 9.17) is 4.74 Å². The molecule has 1 aliphatic heterocycles. The number of rotatable bonds is 6. The lowest BCUT2D eigenvalue weighted by Gasteiger charge is -2.31. The van der Waals surface area contributed by atoms with Crippen LogP contribution in [0.3, 0.4) is 0 Å². The molecule has 0 aromatic carbocycles. The average Bonchev–Trinajstić information content (AvgIpc) is 2.90. The molecule has 7 nitrogen and oxygen atoms in total. The van der Waals surface area contributed by atoms with Crippen LogP contribution >= 0.6 is 0 Å². The van der Waals surface area contributed by atoms with E-state index in [1.165, 1.54) is 0 Å². The predicted octanol–water partition coefficient (Wildman–Crippen LogP) is 0.774. The molecule has 0 spiro atoms. The number of carbonyl (C=O) groups is 2. The largest absolute Gasteiger partial charge is 0.385 e. The highest BCUT2D eigenvalue weighted by Gasteiger charge is 2.37. The zero-order valence-electron chi connectivity index (χ0n) is 12.5. The van der Waals surface area contributed by atoms with Crippen molar-refractivity contribution in [3.63, 3.8) is 0 Å². The number of hydrogen-bond donors (Lipinski definition) is 2. The Morgan fingerprint density at radius 3 is 3.10 bits per heavy atom. The van der Waals surface area contributed by atoms with E-state index in [9.17, 15) is 9.59 Å². The van der Waals surface area contributed by atoms with Crippen molar-refractivity contribution in [2.45, 2.75) is 32.7 Å². The van der Waals surface area contributed by atoms with E-state index in [1.54, 1.807) is 17.9 Å². The third kappa shape index (κ3) is 4.04. The van der Waals surface area contributed by atoms with Crippen molar-refractivity contribution in [1.82, 2.24) is 15.1 Å². The highest BCUT2D eigenvalue weighted by Crippen LogP contribution is 2.27. The summed E-state index contributed by atoms with van der Waals surface area (Å²) in [6.45, 7) is 3.65. The van der Waals surface area contributed by atoms with Crippen LogP contribution in [-0.2, 0) is 20.9 Å². The van der Waals surface area contributed by atoms with Crippen molar-refractivity contribution in [3.05, 3.63) is 12.3 Å². The van der Waals surface area contributed by atoms with Crippen LogP contribution in [0.4, 0.5) is 5.82 Å². The minimum Gasteiger partial charge on any atom is -0.385 e. The van der Waals surface area contributed by atoms with Crippen LogP contribution in [0.1, 0.15) is 26.2 Å². The van der Waals surface area contributed by atoms with Crippen LogP contribution in [0.2, 0.25) is 0 Å². The van der Waals surface area contributed by atoms with Gasteiger partial charge in [0, 0.05) is 45.5 Å². The van der Waals surface area contributed by atoms with Crippen LogP contribution < -0.4 is 10.6 Å². The molecule has 0 radical (unpaired) electrons. The molecule has 0 saturated carbocycles. The topological polar surface area (TPSA) is 85.2 Å². The first-order chi connectivity index (χ1) is 10.0. The van der Waals surface area contributed by atoms with Gasteiger partial charge in [0.15, 0.2) is 5.82 Å². The standard InChI is InChI=1S/C14H22N4O3/c1-14(6-4-12(19)15-10-14)13(20)16-11-5-8-18(17-11)7-3-9-21-2/h5,8H,3-4,6-7,9-10H2,1-2H3,(H,15,19)(H,16,17,20)/t14-/m1/s1. The molecule has 0 bridgehead atoms. The van der Waals surface area contributed by atoms with Gasteiger partial charge in [-0.25, -0.2) is 0 Å². The Labute approximate surface area is 124 Å². The molecule has 0 unspecified atom stereocenters. The summed E-state index contributed by atoms with van der Waals surface area (Å²) < 4.78 is 6.77. The van der Waals surface area contributed by atoms with E-state index in [1.807, 2.05) is 13.1 Å². The Hall–Kier alpha value is -1.89. The number of nitrogens with one attached hydrogen (secondary N) is 2. The molecule has 2 N–H and O–H groups in total. The van der Waals surface area contributed by atoms with Crippen LogP contribution in [0.5, 0.6) is 0 Å². The Kier molecular flexibility index (Phi) is 4.95. The Bertz CT molecular complexity index is 502. The minimum atomic E-state index is -0.576. The fourth-order valence-corrected chi connectivity index (χ4v) is 2.24. The van der Waals surface area contributed by atoms with Crippen molar-refractivity contribution >= 4 is 17.6 Å². The number of methoxy groups -OCH3 is 1. The average molecular weight is 294 g/mol. The summed E-state index contributed by atoms with van der Waals surface area (Å²) >= 11 is 0. The second-order valence-electron chi connectivity index (χ2n) is 5.60. The van der Waals surface area contributed by atoms with Crippen LogP contribution in [-0.4, -0.2) is 41.9 Å². The Morgan fingerprint density at radius 1 is 1.62 bits per heavy atom. The van der Waals surface area contributed by atoms with E-state index in [0.717, 1.165) is 13.0 Å². The third-order valence-corrected chi connectivity index (χ3v) is 3.75. The van der Waals surface area contributed by atoms with Gasteiger partial charge in [-0.3, -0.25) is 14.3 Å². The maximum Gasteiger partial charge on any atom is 0.233 e. The van der Waals surface area contributed by atoms with Gasteiger partial charge in [-0.05, 0) is 19.8 Å². The van der Waals surface area contributed by atoms with E-state index >= 15 is 0 Å². The maximum absolute atomic E-state index is 12.3. The second kappa shape index (κ2) is 6.71. The Morgan fingerprint density at radius 2 is 2.43 bits per heavy atom. The normalized spacial score (nSPS) is 21.9. The van der Waals surface area contributed by atoms with E-state index < -0.39 is 5.41 Å². The molecule has 1 aromatic rings. The predicted molar refractivity (Wildman–Crippen MR) is 77.7 cm³/mol. The van der Waals surface area contributed by atoms with E-state index in [0.29, 0.717) is 31.8 Å². The van der Waals surface area contributed by atoms with Gasteiger partial charge < -0.3 is 15.4 Å². The number of hydrogen-bond acceptors (Lipinski definition) is 4. The number of amides is 2. The van der Waals surface area contributed by atoms with Gasteiger partial charge >= 0.3 is 0 Å². The molecule has 1 aromatic heterocycles. The summed E-state index contributed by atoms with van der Waals surface area (Å²) in [5.74, 6) is 0.433. The van der Waals surface area contributed by atoms with Gasteiger partial charge in [-0.2, -0.15) is 5.10 Å². The summed E-state index contributed by atoms with van der Waals surface area (Å²) in [7, 11) is 1.67. The smallest absolute Gasteiger partial charge is 0.233 e. The molecule has 2 amide bonds. The molecule has 1 saturated heterocycles. The number of aromatic nitrogens is 2. The zero-order chi connectivity index (χ0) is 15.3. The number of carbonyl (C=O) groups excluding carboxylic acids is 2. The SMILES string of the molecule is COCCCn1ccc(NC(=O)[C@]2(C)CCC(=O)NC2)n1. The summed E-state index contributed by atoms with van der Waals surface area (Å²) in [6, 6.07) is 1.77. The van der Waals surface area contributed by atoms with Gasteiger partial charge in [0.25, 0.3) is 0 Å². The number of piperidine rings is 1. The number of aryl methyl sites for hydroxylation is 1. The molecule has 1 fully saturated rings. The first-order valence-corrected chi connectivity index (χ1v) is 7.14. The second-order valence-corrected chi connectivity index (χ2v) is 5.60. The fourth-order valence-electron chi connectivity index (χ4n) is 2.24. The van der Waals surface area contributed by atoms with Gasteiger partial charge in [-0.1, -0.05) is 0 Å². The number of nitrogens with zero attached hydrogens (tertiary/aromatic N) is 2. The van der Waals surface area contributed by atoms with Crippen molar-refractivity contribution in [2.24, 2.45) is 5.41 Å². The number of anilines is 1. The van der Waals surface area contributed by atoms with E-state index in [-0.39, 0.29) is 11.8 Å². The molecule has 0 aliphatic carbocycles. The van der Waals surface area contributed by atoms with Crippen molar-refractivity contribution in [1.29, 1.82) is 0 Å². The molecule has 2 rings (SSSR count). The lowest BCUT2D eigenvalue weighted by atomic mass is 9.81. The molecule has 2 heterocycles. The van der Waals surface area contributed by atoms with E-state index in [2.05, 4.69) is 15.7 Å². The summed E-state index contributed by atoms with van der Waals surface area (Å²) in [5, 5.41) is 9.87. The van der Waals surface area contributed by atoms with Gasteiger partial charge in [-0.15, -0.1) is 0 Å². The van der Waals surface area contributed by atoms with Gasteiger partial charge in [0.2, 0.25) is 11.8 Å². The van der Waals surface area contributed by atoms with Crippen molar-refractivity contribution in [3.8, 4) is 0 Å². The first-order valence-electron chi connectivity index (χ1n) is 7.14. The summed E-state index contributed by atoms with van der Waals surface area (Å²) in [5.41, 5.74) is -0.576. The zero-order valence-corrected chi connectivity index (χ0v) is 12.5. The lowest BCUT2D eigenvalue weighted by molar-refractivity contribution is -0.130. The molecule has 7 heteroatoms. The van der Waals surface area contributed by atoms with Gasteiger partial charge in [0.05, 0.1) is 5.41 Å². The quantitative estimate of drug-likeness (QED) is 0.759. The maximum atomic E-state index is 12.3. The molecule has 21 heavy (non-hydrogen) atoms. The highest BCUT2D eigenvalue weighted by atomic mass is 16.5. The van der Waals surface area contributed by atoms with Crippen LogP contribution in [0, 0.1) is 5.41 Å². The molecule has 1 aliphatic rings. The molecule has 116 valence electrons. The number of ether oxygens (including phenoxy) is 1. The van der Waals surface area contributed by atoms with Crippen molar-refractivity contribution in [2.75, 3.05) is 25.6 Å². The minimum absolute atomic E-state index is 0.00250. The fraction of sp³-hybridized carbons (Fsp3) is 0.643. The van der Waals surface area contributed by atoms with Gasteiger partial charge in [0.1, 0.15) is 0 Å². The highest BCUT2D eigenvalue weighted by molar-refractivity contribution is 5.95. The van der Waals surface area contributed by atoms with Crippen LogP contribution in [0.15, 0.2) is 12.3 Å². The van der Waals surface area contributed by atoms with Crippen LogP contribution in [0.25, 0.3) is 0 Å². The molecular weight excluding hydrogens is 272 g/mol. The molecular formula is C14H22N4O3. The summed E-state index contributed by atoms with van der Waals surface area (Å²) in [4.78, 5) is 23.5.